The molecule has 1 heterocycles. The number of ketones is 1. The van der Waals surface area contributed by atoms with E-state index in [2.05, 4.69) is 4.90 Å². The van der Waals surface area contributed by atoms with Gasteiger partial charge in [-0.2, -0.15) is 11.8 Å². The van der Waals surface area contributed by atoms with E-state index in [1.807, 2.05) is 11.8 Å². The molecule has 0 aromatic rings. The van der Waals surface area contributed by atoms with Gasteiger partial charge in [0.2, 0.25) is 0 Å². The molecule has 2 rings (SSSR count). The Hall–Kier alpha value is -0.0200. The molecule has 0 radical (unpaired) electrons. The number of carbonyl (C=O) groups is 1. The van der Waals surface area contributed by atoms with Crippen LogP contribution in [0.4, 0.5) is 0 Å². The Balaban J connectivity index is 1.54. The van der Waals surface area contributed by atoms with E-state index in [-0.39, 0.29) is 0 Å². The van der Waals surface area contributed by atoms with Crippen molar-refractivity contribution < 1.29 is 4.79 Å². The van der Waals surface area contributed by atoms with Gasteiger partial charge in [-0.15, -0.1) is 0 Å². The summed E-state index contributed by atoms with van der Waals surface area (Å²) in [7, 11) is 0. The van der Waals surface area contributed by atoms with Gasteiger partial charge in [0.15, 0.2) is 0 Å². The standard InChI is InChI=1S/C14H25NOS/c16-14-7-3-2-6-13(14)12-17-11-10-15-8-4-1-5-9-15/h13H,1-12H2. The summed E-state index contributed by atoms with van der Waals surface area (Å²) >= 11 is 1.99. The number of carbonyl (C=O) groups excluding carboxylic acids is 1. The van der Waals surface area contributed by atoms with Crippen LogP contribution in [0.1, 0.15) is 44.9 Å². The lowest BCUT2D eigenvalue weighted by Gasteiger charge is -2.26. The number of hydrogen-bond donors (Lipinski definition) is 0. The Morgan fingerprint density at radius 1 is 1.12 bits per heavy atom. The highest BCUT2D eigenvalue weighted by Crippen LogP contribution is 2.24. The van der Waals surface area contributed by atoms with Crippen molar-refractivity contribution in [2.75, 3.05) is 31.1 Å². The summed E-state index contributed by atoms with van der Waals surface area (Å²) in [5.74, 6) is 3.20. The van der Waals surface area contributed by atoms with Crippen LogP contribution in [-0.2, 0) is 4.79 Å². The Bertz CT molecular complexity index is 238. The first-order chi connectivity index (χ1) is 8.36. The Labute approximate surface area is 110 Å². The second-order valence-electron chi connectivity index (χ2n) is 5.39. The van der Waals surface area contributed by atoms with Crippen LogP contribution in [0.3, 0.4) is 0 Å². The van der Waals surface area contributed by atoms with Crippen LogP contribution in [0.2, 0.25) is 0 Å². The SMILES string of the molecule is O=C1CCCCC1CSCCN1CCCCC1. The Morgan fingerprint density at radius 3 is 2.71 bits per heavy atom. The molecule has 0 bridgehead atoms. The first-order valence-electron chi connectivity index (χ1n) is 7.19. The molecule has 1 aliphatic carbocycles. The van der Waals surface area contributed by atoms with Gasteiger partial charge < -0.3 is 4.90 Å². The van der Waals surface area contributed by atoms with Crippen LogP contribution in [-0.4, -0.2) is 41.8 Å². The van der Waals surface area contributed by atoms with Gasteiger partial charge in [0.05, 0.1) is 0 Å². The molecule has 0 aromatic heterocycles. The summed E-state index contributed by atoms with van der Waals surface area (Å²) in [6.45, 7) is 3.82. The summed E-state index contributed by atoms with van der Waals surface area (Å²) in [6.07, 6.45) is 8.57. The molecule has 1 unspecified atom stereocenters. The van der Waals surface area contributed by atoms with E-state index < -0.39 is 0 Å². The average Bonchev–Trinajstić information content (AvgIpc) is 2.38. The summed E-state index contributed by atoms with van der Waals surface area (Å²) < 4.78 is 0. The van der Waals surface area contributed by atoms with Gasteiger partial charge >= 0.3 is 0 Å². The van der Waals surface area contributed by atoms with Crippen molar-refractivity contribution in [2.24, 2.45) is 5.92 Å². The minimum Gasteiger partial charge on any atom is -0.303 e. The molecule has 1 atom stereocenters. The number of hydrogen-bond acceptors (Lipinski definition) is 3. The Morgan fingerprint density at radius 2 is 1.94 bits per heavy atom. The van der Waals surface area contributed by atoms with Gasteiger partial charge in [-0.1, -0.05) is 12.8 Å². The molecule has 1 aliphatic heterocycles. The van der Waals surface area contributed by atoms with Gasteiger partial charge in [-0.3, -0.25) is 4.79 Å². The topological polar surface area (TPSA) is 20.3 Å². The lowest BCUT2D eigenvalue weighted by molar-refractivity contribution is -0.123. The lowest BCUT2D eigenvalue weighted by Crippen LogP contribution is -2.31. The molecule has 0 aromatic carbocycles. The number of likely N-dealkylation sites (tertiary alicyclic amines) is 1. The molecule has 2 nitrogen and oxygen atoms in total. The van der Waals surface area contributed by atoms with Gasteiger partial charge in [0.25, 0.3) is 0 Å². The summed E-state index contributed by atoms with van der Waals surface area (Å²) in [5, 5.41) is 0. The van der Waals surface area contributed by atoms with Crippen LogP contribution in [0.25, 0.3) is 0 Å². The average molecular weight is 255 g/mol. The van der Waals surface area contributed by atoms with Crippen molar-refractivity contribution in [2.45, 2.75) is 44.9 Å². The molecule has 2 aliphatic rings. The highest BCUT2D eigenvalue weighted by molar-refractivity contribution is 7.99. The van der Waals surface area contributed by atoms with Crippen LogP contribution in [0.15, 0.2) is 0 Å². The number of piperidine rings is 1. The second kappa shape index (κ2) is 7.42. The van der Waals surface area contributed by atoms with Crippen molar-refractivity contribution >= 4 is 17.5 Å². The number of thioether (sulfide) groups is 1. The van der Waals surface area contributed by atoms with Crippen LogP contribution >= 0.6 is 11.8 Å². The quantitative estimate of drug-likeness (QED) is 0.705. The van der Waals surface area contributed by atoms with Crippen LogP contribution in [0.5, 0.6) is 0 Å². The van der Waals surface area contributed by atoms with E-state index in [1.165, 1.54) is 51.1 Å². The third-order valence-corrected chi connectivity index (χ3v) is 5.11. The third-order valence-electron chi connectivity index (χ3n) is 4.00. The zero-order valence-corrected chi connectivity index (χ0v) is 11.6. The predicted molar refractivity (Wildman–Crippen MR) is 74.6 cm³/mol. The Kier molecular flexibility index (Phi) is 5.86. The maximum atomic E-state index is 11.7. The molecule has 98 valence electrons. The van der Waals surface area contributed by atoms with Gasteiger partial charge in [0, 0.05) is 30.4 Å². The van der Waals surface area contributed by atoms with E-state index in [9.17, 15) is 4.79 Å². The highest BCUT2D eigenvalue weighted by Gasteiger charge is 2.21. The van der Waals surface area contributed by atoms with Crippen LogP contribution < -0.4 is 0 Å². The molecule has 2 fully saturated rings. The lowest BCUT2D eigenvalue weighted by atomic mass is 9.89. The van der Waals surface area contributed by atoms with Gasteiger partial charge in [-0.25, -0.2) is 0 Å². The van der Waals surface area contributed by atoms with Crippen molar-refractivity contribution in [1.29, 1.82) is 0 Å². The van der Waals surface area contributed by atoms with Gasteiger partial charge in [-0.05, 0) is 38.8 Å². The van der Waals surface area contributed by atoms with Crippen molar-refractivity contribution in [1.82, 2.24) is 4.90 Å². The maximum absolute atomic E-state index is 11.7. The van der Waals surface area contributed by atoms with Crippen molar-refractivity contribution in [3.63, 3.8) is 0 Å². The largest absolute Gasteiger partial charge is 0.303 e. The summed E-state index contributed by atoms with van der Waals surface area (Å²) in [6, 6.07) is 0. The molecular weight excluding hydrogens is 230 g/mol. The molecule has 1 saturated heterocycles. The number of Topliss-reactive ketones (excluding diaryl/α,β-unsaturated/α-hetero) is 1. The van der Waals surface area contributed by atoms with Gasteiger partial charge in [0.1, 0.15) is 5.78 Å². The smallest absolute Gasteiger partial charge is 0.136 e. The first-order valence-corrected chi connectivity index (χ1v) is 8.34. The highest BCUT2D eigenvalue weighted by atomic mass is 32.2. The van der Waals surface area contributed by atoms with E-state index in [0.29, 0.717) is 11.7 Å². The molecule has 17 heavy (non-hydrogen) atoms. The van der Waals surface area contributed by atoms with Crippen molar-refractivity contribution in [3.8, 4) is 0 Å². The molecule has 0 spiro atoms. The molecule has 3 heteroatoms. The molecule has 0 N–H and O–H groups in total. The fraction of sp³-hybridized carbons (Fsp3) is 0.929. The minimum absolute atomic E-state index is 0.384. The predicted octanol–water partition coefficient (Wildman–Crippen LogP) is 2.96. The molecular formula is C14H25NOS. The fourth-order valence-corrected chi connectivity index (χ4v) is 4.02. The summed E-state index contributed by atoms with van der Waals surface area (Å²) in [5.41, 5.74) is 0. The molecule has 0 amide bonds. The zero-order chi connectivity index (χ0) is 11.9. The van der Waals surface area contributed by atoms with E-state index in [0.717, 1.165) is 25.0 Å². The maximum Gasteiger partial charge on any atom is 0.136 e. The monoisotopic (exact) mass is 255 g/mol. The molecule has 1 saturated carbocycles. The minimum atomic E-state index is 0.384. The van der Waals surface area contributed by atoms with E-state index >= 15 is 0 Å². The van der Waals surface area contributed by atoms with E-state index in [4.69, 9.17) is 0 Å². The third kappa shape index (κ3) is 4.63. The fourth-order valence-electron chi connectivity index (χ4n) is 2.83. The normalized spacial score (nSPS) is 27.3. The zero-order valence-electron chi connectivity index (χ0n) is 10.8. The second-order valence-corrected chi connectivity index (χ2v) is 6.54. The number of nitrogens with zero attached hydrogens (tertiary/aromatic N) is 1. The summed E-state index contributed by atoms with van der Waals surface area (Å²) in [4.78, 5) is 14.2. The van der Waals surface area contributed by atoms with Crippen LogP contribution in [0, 0.1) is 5.92 Å². The first kappa shape index (κ1) is 13.4. The van der Waals surface area contributed by atoms with E-state index in [1.54, 1.807) is 0 Å². The van der Waals surface area contributed by atoms with Crippen molar-refractivity contribution in [3.05, 3.63) is 0 Å². The number of rotatable bonds is 5.